The summed E-state index contributed by atoms with van der Waals surface area (Å²) >= 11 is 0. The van der Waals surface area contributed by atoms with E-state index in [1.54, 1.807) is 36.4 Å². The lowest BCUT2D eigenvalue weighted by atomic mass is 9.91. The Hall–Kier alpha value is -2.16. The van der Waals surface area contributed by atoms with Crippen LogP contribution in [0.5, 0.6) is 0 Å². The van der Waals surface area contributed by atoms with E-state index >= 15 is 0 Å². The number of carboxylic acid groups (broad SMARTS) is 1. The second kappa shape index (κ2) is 5.65. The lowest BCUT2D eigenvalue weighted by Crippen LogP contribution is -2.15. The van der Waals surface area contributed by atoms with Gasteiger partial charge in [0.25, 0.3) is 0 Å². The second-order valence-electron chi connectivity index (χ2n) is 4.60. The number of aryl methyl sites for hydroxylation is 1. The van der Waals surface area contributed by atoms with Crippen LogP contribution in [0.2, 0.25) is 0 Å². The molecular formula is C16H15FO2. The average Bonchev–Trinajstić information content (AvgIpc) is 2.40. The third kappa shape index (κ3) is 3.19. The third-order valence-corrected chi connectivity index (χ3v) is 3.13. The first-order valence-corrected chi connectivity index (χ1v) is 6.10. The van der Waals surface area contributed by atoms with Crippen molar-refractivity contribution in [1.29, 1.82) is 0 Å². The van der Waals surface area contributed by atoms with Crippen molar-refractivity contribution in [3.63, 3.8) is 0 Å². The Balaban J connectivity index is 2.32. The summed E-state index contributed by atoms with van der Waals surface area (Å²) in [5, 5.41) is 9.33. The summed E-state index contributed by atoms with van der Waals surface area (Å²) in [5.41, 5.74) is 2.06. The fraction of sp³-hybridized carbons (Fsp3) is 0.188. The maximum Gasteiger partial charge on any atom is 0.311 e. The molecule has 1 unspecified atom stereocenters. The molecule has 0 aliphatic carbocycles. The van der Waals surface area contributed by atoms with Crippen molar-refractivity contribution in [2.45, 2.75) is 19.3 Å². The van der Waals surface area contributed by atoms with Gasteiger partial charge in [0.2, 0.25) is 0 Å². The molecule has 98 valence electrons. The monoisotopic (exact) mass is 258 g/mol. The quantitative estimate of drug-likeness (QED) is 0.910. The van der Waals surface area contributed by atoms with E-state index < -0.39 is 11.9 Å². The zero-order valence-corrected chi connectivity index (χ0v) is 10.6. The summed E-state index contributed by atoms with van der Waals surface area (Å²) < 4.78 is 13.7. The summed E-state index contributed by atoms with van der Waals surface area (Å²) in [4.78, 5) is 11.4. The molecule has 2 aromatic rings. The van der Waals surface area contributed by atoms with Crippen LogP contribution in [0.1, 0.15) is 22.6 Å². The zero-order chi connectivity index (χ0) is 13.8. The van der Waals surface area contributed by atoms with Gasteiger partial charge in [-0.15, -0.1) is 0 Å². The molecule has 0 fully saturated rings. The number of benzene rings is 2. The van der Waals surface area contributed by atoms with Crippen molar-refractivity contribution in [3.8, 4) is 0 Å². The van der Waals surface area contributed by atoms with Crippen LogP contribution in [-0.4, -0.2) is 11.1 Å². The summed E-state index contributed by atoms with van der Waals surface area (Å²) in [7, 11) is 0. The van der Waals surface area contributed by atoms with E-state index in [1.165, 1.54) is 6.07 Å². The van der Waals surface area contributed by atoms with E-state index in [1.807, 2.05) is 13.0 Å². The summed E-state index contributed by atoms with van der Waals surface area (Å²) in [5.74, 6) is -2.02. The molecule has 0 aliphatic rings. The summed E-state index contributed by atoms with van der Waals surface area (Å²) in [6.45, 7) is 1.86. The second-order valence-corrected chi connectivity index (χ2v) is 4.60. The minimum absolute atomic E-state index is 0.160. The molecule has 0 spiro atoms. The van der Waals surface area contributed by atoms with Crippen molar-refractivity contribution in [2.24, 2.45) is 0 Å². The molecule has 3 heteroatoms. The Bertz CT molecular complexity index is 579. The minimum Gasteiger partial charge on any atom is -0.481 e. The summed E-state index contributed by atoms with van der Waals surface area (Å²) in [6, 6.07) is 13.7. The van der Waals surface area contributed by atoms with Gasteiger partial charge in [-0.25, -0.2) is 4.39 Å². The molecule has 0 radical (unpaired) electrons. The van der Waals surface area contributed by atoms with E-state index in [9.17, 15) is 14.3 Å². The summed E-state index contributed by atoms with van der Waals surface area (Å²) in [6.07, 6.45) is 0.160. The fourth-order valence-electron chi connectivity index (χ4n) is 2.11. The van der Waals surface area contributed by atoms with Crippen molar-refractivity contribution < 1.29 is 14.3 Å². The standard InChI is InChI=1S/C16H15FO2/c1-11-7-8-15(17)13(9-11)10-14(16(18)19)12-5-3-2-4-6-12/h2-9,14H,10H2,1H3,(H,18,19). The van der Waals surface area contributed by atoms with Gasteiger partial charge in [0.05, 0.1) is 5.92 Å². The lowest BCUT2D eigenvalue weighted by molar-refractivity contribution is -0.138. The molecule has 0 heterocycles. The molecule has 0 saturated heterocycles. The first-order chi connectivity index (χ1) is 9.08. The van der Waals surface area contributed by atoms with Crippen LogP contribution >= 0.6 is 0 Å². The number of halogens is 1. The van der Waals surface area contributed by atoms with E-state index in [-0.39, 0.29) is 12.2 Å². The Morgan fingerprint density at radius 2 is 1.89 bits per heavy atom. The van der Waals surface area contributed by atoms with Gasteiger partial charge >= 0.3 is 5.97 Å². The maximum absolute atomic E-state index is 13.7. The van der Waals surface area contributed by atoms with E-state index in [4.69, 9.17) is 0 Å². The van der Waals surface area contributed by atoms with Gasteiger partial charge < -0.3 is 5.11 Å². The molecule has 2 aromatic carbocycles. The number of aliphatic carboxylic acids is 1. The van der Waals surface area contributed by atoms with Gasteiger partial charge in [-0.1, -0.05) is 48.0 Å². The molecule has 0 amide bonds. The van der Waals surface area contributed by atoms with Crippen molar-refractivity contribution in [2.75, 3.05) is 0 Å². The van der Waals surface area contributed by atoms with Crippen LogP contribution in [0.3, 0.4) is 0 Å². The third-order valence-electron chi connectivity index (χ3n) is 3.13. The molecule has 0 aliphatic heterocycles. The van der Waals surface area contributed by atoms with Crippen LogP contribution in [0.15, 0.2) is 48.5 Å². The normalized spacial score (nSPS) is 12.1. The Morgan fingerprint density at radius 3 is 2.53 bits per heavy atom. The van der Waals surface area contributed by atoms with Crippen LogP contribution in [0.25, 0.3) is 0 Å². The van der Waals surface area contributed by atoms with E-state index in [2.05, 4.69) is 0 Å². The van der Waals surface area contributed by atoms with Gasteiger partial charge in [0.15, 0.2) is 0 Å². The number of carboxylic acids is 1. The largest absolute Gasteiger partial charge is 0.481 e. The molecule has 2 nitrogen and oxygen atoms in total. The van der Waals surface area contributed by atoms with Crippen LogP contribution in [0, 0.1) is 12.7 Å². The van der Waals surface area contributed by atoms with E-state index in [0.29, 0.717) is 11.1 Å². The van der Waals surface area contributed by atoms with Crippen molar-refractivity contribution >= 4 is 5.97 Å². The highest BCUT2D eigenvalue weighted by Gasteiger charge is 2.21. The highest BCUT2D eigenvalue weighted by Crippen LogP contribution is 2.23. The predicted molar refractivity (Wildman–Crippen MR) is 71.7 cm³/mol. The average molecular weight is 258 g/mol. The lowest BCUT2D eigenvalue weighted by Gasteiger charge is -2.13. The molecule has 1 atom stereocenters. The number of rotatable bonds is 4. The maximum atomic E-state index is 13.7. The van der Waals surface area contributed by atoms with Crippen LogP contribution in [-0.2, 0) is 11.2 Å². The van der Waals surface area contributed by atoms with Gasteiger partial charge in [0.1, 0.15) is 5.82 Å². The minimum atomic E-state index is -0.938. The highest BCUT2D eigenvalue weighted by atomic mass is 19.1. The van der Waals surface area contributed by atoms with Gasteiger partial charge in [-0.05, 0) is 30.5 Å². The molecule has 0 aromatic heterocycles. The van der Waals surface area contributed by atoms with Crippen LogP contribution in [0.4, 0.5) is 4.39 Å². The van der Waals surface area contributed by atoms with Crippen molar-refractivity contribution in [1.82, 2.24) is 0 Å². The van der Waals surface area contributed by atoms with E-state index in [0.717, 1.165) is 5.56 Å². The highest BCUT2D eigenvalue weighted by molar-refractivity contribution is 5.76. The van der Waals surface area contributed by atoms with Crippen molar-refractivity contribution in [3.05, 3.63) is 71.0 Å². The number of hydrogen-bond donors (Lipinski definition) is 1. The Kier molecular flexibility index (Phi) is 3.95. The molecule has 0 bridgehead atoms. The smallest absolute Gasteiger partial charge is 0.311 e. The topological polar surface area (TPSA) is 37.3 Å². The van der Waals surface area contributed by atoms with Gasteiger partial charge in [0, 0.05) is 0 Å². The van der Waals surface area contributed by atoms with Gasteiger partial charge in [-0.2, -0.15) is 0 Å². The number of hydrogen-bond acceptors (Lipinski definition) is 1. The van der Waals surface area contributed by atoms with Gasteiger partial charge in [-0.3, -0.25) is 4.79 Å². The molecular weight excluding hydrogens is 243 g/mol. The SMILES string of the molecule is Cc1ccc(F)c(CC(C(=O)O)c2ccccc2)c1. The predicted octanol–water partition coefficient (Wildman–Crippen LogP) is 3.55. The van der Waals surface area contributed by atoms with Crippen LogP contribution < -0.4 is 0 Å². The molecule has 19 heavy (non-hydrogen) atoms. The Morgan fingerprint density at radius 1 is 1.21 bits per heavy atom. The zero-order valence-electron chi connectivity index (χ0n) is 10.6. The first-order valence-electron chi connectivity index (χ1n) is 6.10. The Labute approximate surface area is 111 Å². The fourth-order valence-corrected chi connectivity index (χ4v) is 2.11. The first kappa shape index (κ1) is 13.3. The molecule has 2 rings (SSSR count). The number of carbonyl (C=O) groups is 1. The molecule has 0 saturated carbocycles. The molecule has 1 N–H and O–H groups in total.